The highest BCUT2D eigenvalue weighted by Gasteiger charge is 2.00. The normalized spacial score (nSPS) is 11.6. The van der Waals surface area contributed by atoms with Crippen molar-refractivity contribution in [2.75, 3.05) is 0 Å². The second kappa shape index (κ2) is 13.9. The van der Waals surface area contributed by atoms with Crippen molar-refractivity contribution in [2.24, 2.45) is 0 Å². The highest BCUT2D eigenvalue weighted by molar-refractivity contribution is 5.55. The molecular weight excluding hydrogens is 340 g/mol. The topological polar surface area (TPSA) is 7.76 Å². The Hall–Kier alpha value is -2.22. The van der Waals surface area contributed by atoms with Crippen molar-refractivity contribution in [1.29, 1.82) is 0 Å². The molecule has 28 heavy (non-hydrogen) atoms. The number of aromatic nitrogens is 2. The minimum Gasteiger partial charge on any atom is -0.205 e. The van der Waals surface area contributed by atoms with Crippen LogP contribution in [0, 0.1) is 0 Å². The smallest absolute Gasteiger partial charge is 0.169 e. The van der Waals surface area contributed by atoms with Crippen molar-refractivity contribution in [1.82, 2.24) is 0 Å². The summed E-state index contributed by atoms with van der Waals surface area (Å²) in [4.78, 5) is 0. The van der Waals surface area contributed by atoms with Gasteiger partial charge in [-0.3, -0.25) is 0 Å². The summed E-state index contributed by atoms with van der Waals surface area (Å²) in [6, 6.07) is 8.75. The first-order chi connectivity index (χ1) is 13.8. The zero-order valence-electron chi connectivity index (χ0n) is 17.9. The van der Waals surface area contributed by atoms with Gasteiger partial charge in [0.15, 0.2) is 24.8 Å². The quantitative estimate of drug-likeness (QED) is 0.224. The van der Waals surface area contributed by atoms with E-state index in [2.05, 4.69) is 96.3 Å². The first-order valence-corrected chi connectivity index (χ1v) is 11.1. The molecule has 0 aliphatic carbocycles. The number of aryl methyl sites for hydroxylation is 2. The molecule has 0 fully saturated rings. The maximum absolute atomic E-state index is 2.28. The van der Waals surface area contributed by atoms with Gasteiger partial charge in [0, 0.05) is 37.1 Å². The number of hydrogen-bond acceptors (Lipinski definition) is 0. The van der Waals surface area contributed by atoms with Crippen LogP contribution in [-0.4, -0.2) is 0 Å². The van der Waals surface area contributed by atoms with E-state index in [9.17, 15) is 0 Å². The fourth-order valence-corrected chi connectivity index (χ4v) is 3.23. The van der Waals surface area contributed by atoms with Gasteiger partial charge in [-0.15, -0.1) is 0 Å². The van der Waals surface area contributed by atoms with Gasteiger partial charge in [0.2, 0.25) is 0 Å². The molecule has 150 valence electrons. The average Bonchev–Trinajstić information content (AvgIpc) is 2.74. The van der Waals surface area contributed by atoms with Crippen LogP contribution in [0.1, 0.15) is 76.3 Å². The van der Waals surface area contributed by atoms with Gasteiger partial charge in [0.25, 0.3) is 0 Å². The maximum atomic E-state index is 2.28. The zero-order chi connectivity index (χ0) is 19.9. The summed E-state index contributed by atoms with van der Waals surface area (Å²) in [6.07, 6.45) is 27.8. The van der Waals surface area contributed by atoms with Crippen LogP contribution in [-0.2, 0) is 13.1 Å². The third kappa shape index (κ3) is 9.12. The predicted molar refractivity (Wildman–Crippen MR) is 120 cm³/mol. The van der Waals surface area contributed by atoms with Gasteiger partial charge in [0.05, 0.1) is 0 Å². The molecule has 0 saturated carbocycles. The van der Waals surface area contributed by atoms with Crippen LogP contribution in [0.25, 0.3) is 12.2 Å². The van der Waals surface area contributed by atoms with Crippen LogP contribution in [0.4, 0.5) is 0 Å². The van der Waals surface area contributed by atoms with Crippen molar-refractivity contribution < 1.29 is 9.13 Å². The Morgan fingerprint density at radius 3 is 1.32 bits per heavy atom. The number of rotatable bonds is 13. The van der Waals surface area contributed by atoms with Crippen molar-refractivity contribution in [3.8, 4) is 0 Å². The monoisotopic (exact) mass is 378 g/mol. The molecule has 2 nitrogen and oxygen atoms in total. The van der Waals surface area contributed by atoms with Crippen LogP contribution in [0.2, 0.25) is 0 Å². The Bertz CT molecular complexity index is 633. The summed E-state index contributed by atoms with van der Waals surface area (Å²) in [5.74, 6) is 0. The van der Waals surface area contributed by atoms with Gasteiger partial charge >= 0.3 is 0 Å². The number of hydrogen-bond donors (Lipinski definition) is 0. The largest absolute Gasteiger partial charge is 0.205 e. The van der Waals surface area contributed by atoms with Gasteiger partial charge in [-0.2, -0.15) is 0 Å². The van der Waals surface area contributed by atoms with E-state index in [1.54, 1.807) is 0 Å². The van der Waals surface area contributed by atoms with E-state index in [1.807, 2.05) is 0 Å². The van der Waals surface area contributed by atoms with Crippen molar-refractivity contribution in [3.05, 3.63) is 72.3 Å². The maximum Gasteiger partial charge on any atom is 0.169 e. The number of allylic oxidation sites excluding steroid dienone is 2. The van der Waals surface area contributed by atoms with Gasteiger partial charge < -0.3 is 0 Å². The van der Waals surface area contributed by atoms with Crippen LogP contribution in [0.15, 0.2) is 61.2 Å². The molecule has 0 aliphatic rings. The summed E-state index contributed by atoms with van der Waals surface area (Å²) in [5, 5.41) is 0. The molecule has 0 bridgehead atoms. The van der Waals surface area contributed by atoms with E-state index in [4.69, 9.17) is 0 Å². The predicted octanol–water partition coefficient (Wildman–Crippen LogP) is 6.15. The summed E-state index contributed by atoms with van der Waals surface area (Å²) < 4.78 is 4.56. The Morgan fingerprint density at radius 1 is 0.571 bits per heavy atom. The SMILES string of the molecule is CCCCCC[n+]1ccc(C=CC=Cc2cc[n+](CCCCCC)cc2)cc1. The summed E-state index contributed by atoms with van der Waals surface area (Å²) in [6.45, 7) is 6.76. The van der Waals surface area contributed by atoms with Crippen molar-refractivity contribution in [2.45, 2.75) is 78.3 Å². The lowest BCUT2D eigenvalue weighted by Crippen LogP contribution is -2.32. The van der Waals surface area contributed by atoms with Crippen molar-refractivity contribution in [3.63, 3.8) is 0 Å². The lowest BCUT2D eigenvalue weighted by atomic mass is 10.2. The molecule has 0 saturated heterocycles. The standard InChI is InChI=1S/C26H38N2/c1-3-5-7-11-19-27-21-15-25(16-22-27)13-9-10-14-26-17-23-28(24-18-26)20-12-8-6-4-2/h9-10,13-18,21-24H,3-8,11-12,19-20H2,1-2H3/q+2. The summed E-state index contributed by atoms with van der Waals surface area (Å²) >= 11 is 0. The lowest BCUT2D eigenvalue weighted by Gasteiger charge is -1.98. The molecular formula is C26H38N2+2. The van der Waals surface area contributed by atoms with Gasteiger partial charge in [0.1, 0.15) is 13.1 Å². The fourth-order valence-electron chi connectivity index (χ4n) is 3.23. The molecule has 2 aromatic heterocycles. The molecule has 2 heteroatoms. The highest BCUT2D eigenvalue weighted by Crippen LogP contribution is 2.04. The van der Waals surface area contributed by atoms with E-state index in [1.165, 1.54) is 62.5 Å². The zero-order valence-corrected chi connectivity index (χ0v) is 17.9. The summed E-state index contributed by atoms with van der Waals surface area (Å²) in [5.41, 5.74) is 2.49. The Labute approximate surface area is 172 Å². The Kier molecular flexibility index (Phi) is 10.9. The fraction of sp³-hybridized carbons (Fsp3) is 0.462. The van der Waals surface area contributed by atoms with Gasteiger partial charge in [-0.1, -0.05) is 63.8 Å². The average molecular weight is 379 g/mol. The van der Waals surface area contributed by atoms with E-state index in [0.717, 1.165) is 13.1 Å². The third-order valence-electron chi connectivity index (χ3n) is 5.06. The first kappa shape index (κ1) is 22.1. The van der Waals surface area contributed by atoms with Crippen LogP contribution in [0.3, 0.4) is 0 Å². The van der Waals surface area contributed by atoms with Crippen LogP contribution < -0.4 is 9.13 Å². The molecule has 2 aromatic rings. The van der Waals surface area contributed by atoms with Crippen LogP contribution >= 0.6 is 0 Å². The Balaban J connectivity index is 1.74. The lowest BCUT2D eigenvalue weighted by molar-refractivity contribution is -0.697. The molecule has 0 aliphatic heterocycles. The van der Waals surface area contributed by atoms with Crippen molar-refractivity contribution >= 4 is 12.2 Å². The van der Waals surface area contributed by atoms with E-state index < -0.39 is 0 Å². The molecule has 0 unspecified atom stereocenters. The molecule has 0 spiro atoms. The van der Waals surface area contributed by atoms with E-state index >= 15 is 0 Å². The first-order valence-electron chi connectivity index (χ1n) is 11.1. The number of unbranched alkanes of at least 4 members (excludes halogenated alkanes) is 6. The number of nitrogens with zero attached hydrogens (tertiary/aromatic N) is 2. The molecule has 0 N–H and O–H groups in total. The molecule has 0 amide bonds. The molecule has 0 atom stereocenters. The van der Waals surface area contributed by atoms with E-state index in [-0.39, 0.29) is 0 Å². The summed E-state index contributed by atoms with van der Waals surface area (Å²) in [7, 11) is 0. The molecule has 0 aromatic carbocycles. The second-order valence-electron chi connectivity index (χ2n) is 7.58. The Morgan fingerprint density at radius 2 is 0.964 bits per heavy atom. The number of pyridine rings is 2. The van der Waals surface area contributed by atoms with Gasteiger partial charge in [-0.25, -0.2) is 9.13 Å². The minimum absolute atomic E-state index is 1.12. The second-order valence-corrected chi connectivity index (χ2v) is 7.58. The van der Waals surface area contributed by atoms with Gasteiger partial charge in [-0.05, 0) is 24.0 Å². The highest BCUT2D eigenvalue weighted by atomic mass is 14.9. The van der Waals surface area contributed by atoms with E-state index in [0.29, 0.717) is 0 Å². The molecule has 2 heterocycles. The molecule has 2 rings (SSSR count). The molecule has 0 radical (unpaired) electrons. The third-order valence-corrected chi connectivity index (χ3v) is 5.06. The minimum atomic E-state index is 1.12. The van der Waals surface area contributed by atoms with Crippen LogP contribution in [0.5, 0.6) is 0 Å².